The van der Waals surface area contributed by atoms with Crippen LogP contribution < -0.4 is 16.0 Å². The summed E-state index contributed by atoms with van der Waals surface area (Å²) in [5.41, 5.74) is 1.06. The van der Waals surface area contributed by atoms with Crippen molar-refractivity contribution in [3.05, 3.63) is 53.3 Å². The minimum atomic E-state index is -1.05. The van der Waals surface area contributed by atoms with Crippen LogP contribution in [0.4, 0.5) is 30.2 Å². The van der Waals surface area contributed by atoms with Gasteiger partial charge in [0.05, 0.1) is 11.4 Å². The average Bonchev–Trinajstić information content (AvgIpc) is 2.88. The van der Waals surface area contributed by atoms with Crippen LogP contribution in [0.15, 0.2) is 30.3 Å². The fourth-order valence-corrected chi connectivity index (χ4v) is 2.70. The lowest BCUT2D eigenvalue weighted by Crippen LogP contribution is -2.26. The Kier molecular flexibility index (Phi) is 25.9. The Labute approximate surface area is 210 Å². The van der Waals surface area contributed by atoms with Crippen molar-refractivity contribution in [1.29, 1.82) is 0 Å². The van der Waals surface area contributed by atoms with Gasteiger partial charge in [0.15, 0.2) is 11.6 Å². The molecule has 1 heterocycles. The molecule has 0 amide bonds. The molecule has 4 N–H and O–H groups in total. The highest BCUT2D eigenvalue weighted by Crippen LogP contribution is 2.31. The van der Waals surface area contributed by atoms with E-state index >= 15 is 0 Å². The van der Waals surface area contributed by atoms with Crippen molar-refractivity contribution >= 4 is 23.9 Å². The lowest BCUT2D eigenvalue weighted by atomic mass is 10.0. The molecule has 2 aromatic rings. The van der Waals surface area contributed by atoms with Crippen LogP contribution in [0, 0.1) is 30.3 Å². The van der Waals surface area contributed by atoms with E-state index in [1.165, 1.54) is 50.6 Å². The molecule has 0 atom stereocenters. The van der Waals surface area contributed by atoms with Crippen molar-refractivity contribution < 1.29 is 23.1 Å². The van der Waals surface area contributed by atoms with E-state index in [0.29, 0.717) is 5.69 Å². The van der Waals surface area contributed by atoms with Gasteiger partial charge in [0.25, 0.3) is 0 Å². The van der Waals surface area contributed by atoms with Gasteiger partial charge in [0.2, 0.25) is 0 Å². The Morgan fingerprint density at radius 3 is 1.86 bits per heavy atom. The zero-order chi connectivity index (χ0) is 27.8. The van der Waals surface area contributed by atoms with Crippen molar-refractivity contribution in [2.75, 3.05) is 37.9 Å². The number of rotatable bonds is 3. The van der Waals surface area contributed by atoms with Gasteiger partial charge in [-0.3, -0.25) is 0 Å². The number of hydrogen-bond donors (Lipinski definition) is 4. The minimum Gasteiger partial charge on any atom is -0.400 e. The Morgan fingerprint density at radius 2 is 1.46 bits per heavy atom. The molecule has 0 spiro atoms. The van der Waals surface area contributed by atoms with Crippen LogP contribution in [0.25, 0.3) is 0 Å². The van der Waals surface area contributed by atoms with Crippen LogP contribution in [0.2, 0.25) is 0 Å². The van der Waals surface area contributed by atoms with Crippen LogP contribution in [0.5, 0.6) is 0 Å². The van der Waals surface area contributed by atoms with Gasteiger partial charge in [-0.25, -0.2) is 13.2 Å². The van der Waals surface area contributed by atoms with Crippen molar-refractivity contribution in [2.45, 2.75) is 60.8 Å². The highest BCUT2D eigenvalue weighted by Gasteiger charge is 2.14. The van der Waals surface area contributed by atoms with Crippen molar-refractivity contribution in [3.8, 4) is 0 Å². The molecule has 3 rings (SSSR count). The zero-order valence-corrected chi connectivity index (χ0v) is 22.7. The van der Waals surface area contributed by atoms with E-state index in [0.717, 1.165) is 24.7 Å². The normalized spacial score (nSPS) is 11.7. The summed E-state index contributed by atoms with van der Waals surface area (Å²) < 4.78 is 40.7. The molecule has 202 valence electrons. The number of aryl methyl sites for hydroxylation is 1. The summed E-state index contributed by atoms with van der Waals surface area (Å²) in [4.78, 5) is 8.00. The van der Waals surface area contributed by atoms with Crippen LogP contribution in [0.1, 0.15) is 59.4 Å². The molecule has 0 unspecified atom stereocenters. The Hall–Kier alpha value is -2.58. The maximum absolute atomic E-state index is 13.7. The maximum Gasteiger partial charge on any atom is 0.184 e. The molecular formula is C27H46F3N3O2. The van der Waals surface area contributed by atoms with Crippen LogP contribution in [-0.2, 0) is 4.79 Å². The molecular weight excluding hydrogens is 455 g/mol. The SMILES string of the molecule is C=O.CC.CC1CCNCC1.CCC.CNc1ccc(F)c(F)c1Nc1ccc(C)cc1F.CO. The lowest BCUT2D eigenvalue weighted by molar-refractivity contribution is -0.0980. The van der Waals surface area contributed by atoms with E-state index in [1.54, 1.807) is 20.0 Å². The Bertz CT molecular complexity index is 772. The fraction of sp³-hybridized carbons (Fsp3) is 0.519. The van der Waals surface area contributed by atoms with Crippen LogP contribution in [-0.4, -0.2) is 39.1 Å². The number of benzene rings is 2. The molecule has 0 aromatic heterocycles. The molecule has 0 aliphatic carbocycles. The summed E-state index contributed by atoms with van der Waals surface area (Å²) in [7, 11) is 2.57. The highest BCUT2D eigenvalue weighted by molar-refractivity contribution is 5.75. The number of halogens is 3. The Balaban J connectivity index is -0.000000529. The van der Waals surface area contributed by atoms with E-state index in [1.807, 2.05) is 20.6 Å². The van der Waals surface area contributed by atoms with Gasteiger partial charge in [0.1, 0.15) is 18.3 Å². The first kappa shape index (κ1) is 37.0. The van der Waals surface area contributed by atoms with Gasteiger partial charge in [-0.1, -0.05) is 47.1 Å². The first-order valence-electron chi connectivity index (χ1n) is 12.0. The number of piperidine rings is 1. The molecule has 5 nitrogen and oxygen atoms in total. The molecule has 35 heavy (non-hydrogen) atoms. The number of carbonyl (C=O) groups excluding carboxylic acids is 1. The molecule has 1 saturated heterocycles. The third kappa shape index (κ3) is 15.9. The summed E-state index contributed by atoms with van der Waals surface area (Å²) in [6, 6.07) is 6.87. The van der Waals surface area contributed by atoms with Crippen molar-refractivity contribution in [2.24, 2.45) is 5.92 Å². The quantitative estimate of drug-likeness (QED) is 0.362. The van der Waals surface area contributed by atoms with Gasteiger partial charge in [-0.2, -0.15) is 0 Å². The van der Waals surface area contributed by atoms with Gasteiger partial charge < -0.3 is 25.9 Å². The van der Waals surface area contributed by atoms with Gasteiger partial charge >= 0.3 is 0 Å². The van der Waals surface area contributed by atoms with E-state index in [2.05, 4.69) is 36.7 Å². The monoisotopic (exact) mass is 501 g/mol. The van der Waals surface area contributed by atoms with Crippen LogP contribution in [0.3, 0.4) is 0 Å². The third-order valence-electron chi connectivity index (χ3n) is 4.38. The van der Waals surface area contributed by atoms with Crippen molar-refractivity contribution in [1.82, 2.24) is 5.32 Å². The van der Waals surface area contributed by atoms with Gasteiger partial charge in [-0.15, -0.1) is 0 Å². The molecule has 0 saturated carbocycles. The smallest absolute Gasteiger partial charge is 0.184 e. The largest absolute Gasteiger partial charge is 0.400 e. The highest BCUT2D eigenvalue weighted by atomic mass is 19.2. The minimum absolute atomic E-state index is 0.0894. The number of aliphatic hydroxyl groups is 1. The topological polar surface area (TPSA) is 73.4 Å². The number of carbonyl (C=O) groups is 1. The molecule has 2 aromatic carbocycles. The summed E-state index contributed by atoms with van der Waals surface area (Å²) in [5.74, 6) is -1.59. The fourth-order valence-electron chi connectivity index (χ4n) is 2.70. The summed E-state index contributed by atoms with van der Waals surface area (Å²) in [5, 5.41) is 15.6. The zero-order valence-electron chi connectivity index (χ0n) is 22.7. The molecule has 0 radical (unpaired) electrons. The van der Waals surface area contributed by atoms with Gasteiger partial charge in [-0.05, 0) is 68.6 Å². The summed E-state index contributed by atoms with van der Waals surface area (Å²) >= 11 is 0. The summed E-state index contributed by atoms with van der Waals surface area (Å²) in [6.45, 7) is 16.8. The first-order valence-corrected chi connectivity index (χ1v) is 12.0. The molecule has 1 aliphatic rings. The van der Waals surface area contributed by atoms with Gasteiger partial charge in [0, 0.05) is 14.2 Å². The Morgan fingerprint density at radius 1 is 0.971 bits per heavy atom. The molecule has 1 aliphatic heterocycles. The number of hydrogen-bond acceptors (Lipinski definition) is 5. The molecule has 0 bridgehead atoms. The van der Waals surface area contributed by atoms with Crippen LogP contribution >= 0.6 is 0 Å². The summed E-state index contributed by atoms with van der Waals surface area (Å²) in [6.07, 6.45) is 4.00. The number of aliphatic hydroxyl groups excluding tert-OH is 1. The lowest BCUT2D eigenvalue weighted by Gasteiger charge is -2.17. The second-order valence-electron chi connectivity index (χ2n) is 7.28. The average molecular weight is 502 g/mol. The van der Waals surface area contributed by atoms with E-state index < -0.39 is 17.5 Å². The first-order chi connectivity index (χ1) is 16.8. The third-order valence-corrected chi connectivity index (χ3v) is 4.38. The second-order valence-corrected chi connectivity index (χ2v) is 7.28. The number of nitrogens with one attached hydrogen (secondary N) is 3. The number of anilines is 3. The van der Waals surface area contributed by atoms with E-state index in [-0.39, 0.29) is 11.4 Å². The molecule has 8 heteroatoms. The maximum atomic E-state index is 13.7. The van der Waals surface area contributed by atoms with Crippen molar-refractivity contribution in [3.63, 3.8) is 0 Å². The van der Waals surface area contributed by atoms with E-state index in [4.69, 9.17) is 9.90 Å². The molecule has 1 fully saturated rings. The predicted molar refractivity (Wildman–Crippen MR) is 144 cm³/mol. The second kappa shape index (κ2) is 24.5. The standard InChI is InChI=1S/C14H13F3N2.C6H13N.C3H8.C2H6.CH4O.CH2O/c1-8-3-5-11(10(16)7-8)19-14-12(18-2)6-4-9(15)13(14)17;1-6-2-4-7-5-3-6;1-3-2;3*1-2/h3-7,18-19H,1-2H3;6-7H,2-5H2,1H3;3H2,1-2H3;1-2H3;2H,1H3;1H2. The predicted octanol–water partition coefficient (Wildman–Crippen LogP) is 7.07. The van der Waals surface area contributed by atoms with E-state index in [9.17, 15) is 13.2 Å².